The van der Waals surface area contributed by atoms with Crippen LogP contribution in [0.5, 0.6) is 0 Å². The van der Waals surface area contributed by atoms with Crippen LogP contribution in [0, 0.1) is 13.8 Å². The topological polar surface area (TPSA) is 12.9 Å². The first-order chi connectivity index (χ1) is 8.79. The van der Waals surface area contributed by atoms with Crippen LogP contribution >= 0.6 is 0 Å². The number of pyridine rings is 1. The van der Waals surface area contributed by atoms with Crippen LogP contribution in [0.25, 0.3) is 5.57 Å². The Bertz CT molecular complexity index is 531. The summed E-state index contributed by atoms with van der Waals surface area (Å²) < 4.78 is 14.0. The molecule has 1 nitrogen and oxygen atoms in total. The number of allylic oxidation sites excluding steroid dienone is 5. The molecule has 1 aromatic heterocycles. The van der Waals surface area contributed by atoms with Gasteiger partial charge in [0, 0.05) is 5.69 Å². The molecule has 2 heteroatoms. The van der Waals surface area contributed by atoms with Crippen LogP contribution in [-0.4, -0.2) is 10.7 Å². The Hall–Kier alpha value is -1.70. The smallest absolute Gasteiger partial charge is 0.130 e. The van der Waals surface area contributed by atoms with Crippen molar-refractivity contribution >= 4 is 5.57 Å². The van der Waals surface area contributed by atoms with Crippen LogP contribution in [0.1, 0.15) is 37.7 Å². The van der Waals surface area contributed by atoms with Crippen molar-refractivity contribution < 1.29 is 4.39 Å². The number of hydrogen-bond donors (Lipinski definition) is 0. The maximum atomic E-state index is 14.0. The second-order valence-corrected chi connectivity index (χ2v) is 5.12. The number of halogens is 1. The Labute approximate surface area is 115 Å². The van der Waals surface area contributed by atoms with Gasteiger partial charge in [0.1, 0.15) is 5.67 Å². The van der Waals surface area contributed by atoms with Crippen LogP contribution in [0.2, 0.25) is 0 Å². The average molecular weight is 259 g/mol. The van der Waals surface area contributed by atoms with E-state index in [4.69, 9.17) is 0 Å². The molecule has 0 bridgehead atoms. The first-order valence-electron chi connectivity index (χ1n) is 6.44. The van der Waals surface area contributed by atoms with Crippen molar-refractivity contribution in [3.63, 3.8) is 0 Å². The van der Waals surface area contributed by atoms with E-state index in [0.717, 1.165) is 22.5 Å². The lowest BCUT2D eigenvalue weighted by Crippen LogP contribution is -2.14. The Morgan fingerprint density at radius 3 is 2.37 bits per heavy atom. The molecule has 0 amide bonds. The van der Waals surface area contributed by atoms with Gasteiger partial charge in [-0.15, -0.1) is 0 Å². The summed E-state index contributed by atoms with van der Waals surface area (Å²) >= 11 is 0. The highest BCUT2D eigenvalue weighted by atomic mass is 19.1. The van der Waals surface area contributed by atoms with Crippen molar-refractivity contribution in [3.8, 4) is 0 Å². The molecule has 0 spiro atoms. The minimum absolute atomic E-state index is 0.627. The minimum Gasteiger partial charge on any atom is -0.253 e. The third kappa shape index (κ3) is 3.88. The van der Waals surface area contributed by atoms with Gasteiger partial charge in [0.15, 0.2) is 0 Å². The fourth-order valence-corrected chi connectivity index (χ4v) is 1.79. The summed E-state index contributed by atoms with van der Waals surface area (Å²) in [5, 5.41) is 0. The normalized spacial score (nSPS) is 13.6. The fraction of sp³-hybridized carbons (Fsp3) is 0.353. The molecular formula is C17H22FN. The largest absolute Gasteiger partial charge is 0.253 e. The van der Waals surface area contributed by atoms with E-state index in [1.54, 1.807) is 26.0 Å². The van der Waals surface area contributed by atoms with Gasteiger partial charge in [-0.1, -0.05) is 24.8 Å². The first-order valence-corrected chi connectivity index (χ1v) is 6.44. The Kier molecular flexibility index (Phi) is 4.82. The molecule has 102 valence electrons. The summed E-state index contributed by atoms with van der Waals surface area (Å²) in [6.07, 6.45) is 5.31. The van der Waals surface area contributed by atoms with E-state index in [9.17, 15) is 4.39 Å². The molecule has 0 radical (unpaired) electrons. The van der Waals surface area contributed by atoms with E-state index in [1.807, 2.05) is 39.0 Å². The van der Waals surface area contributed by atoms with Crippen molar-refractivity contribution in [1.82, 2.24) is 4.98 Å². The molecule has 0 saturated carbocycles. The molecule has 1 heterocycles. The lowest BCUT2D eigenvalue weighted by molar-refractivity contribution is 0.274. The monoisotopic (exact) mass is 259 g/mol. The van der Waals surface area contributed by atoms with E-state index in [-0.39, 0.29) is 0 Å². The molecule has 1 aromatic rings. The lowest BCUT2D eigenvalue weighted by atomic mass is 9.96. The Balaban J connectivity index is 3.27. The van der Waals surface area contributed by atoms with E-state index >= 15 is 0 Å². The van der Waals surface area contributed by atoms with E-state index < -0.39 is 5.67 Å². The number of alkyl halides is 1. The molecule has 0 aliphatic rings. The average Bonchev–Trinajstić information content (AvgIpc) is 2.33. The Morgan fingerprint density at radius 1 is 1.32 bits per heavy atom. The van der Waals surface area contributed by atoms with Crippen LogP contribution in [-0.2, 0) is 0 Å². The van der Waals surface area contributed by atoms with Gasteiger partial charge in [0.25, 0.3) is 0 Å². The zero-order valence-electron chi connectivity index (χ0n) is 12.4. The van der Waals surface area contributed by atoms with Gasteiger partial charge < -0.3 is 0 Å². The second kappa shape index (κ2) is 5.96. The number of hydrogen-bond acceptors (Lipinski definition) is 1. The predicted octanol–water partition coefficient (Wildman–Crippen LogP) is 4.96. The maximum absolute atomic E-state index is 14.0. The highest BCUT2D eigenvalue weighted by Gasteiger charge is 2.20. The van der Waals surface area contributed by atoms with Crippen LogP contribution in [0.4, 0.5) is 4.39 Å². The van der Waals surface area contributed by atoms with E-state index in [1.165, 1.54) is 0 Å². The van der Waals surface area contributed by atoms with Gasteiger partial charge in [-0.05, 0) is 63.5 Å². The number of rotatable bonds is 4. The summed E-state index contributed by atoms with van der Waals surface area (Å²) in [5.41, 5.74) is 3.03. The molecule has 1 rings (SSSR count). The highest BCUT2D eigenvalue weighted by molar-refractivity contribution is 5.74. The quantitative estimate of drug-likeness (QED) is 0.696. The van der Waals surface area contributed by atoms with E-state index in [2.05, 4.69) is 11.6 Å². The van der Waals surface area contributed by atoms with Crippen molar-refractivity contribution in [2.45, 2.75) is 40.3 Å². The summed E-state index contributed by atoms with van der Waals surface area (Å²) in [7, 11) is 0. The molecular weight excluding hydrogens is 237 g/mol. The van der Waals surface area contributed by atoms with Gasteiger partial charge in [-0.25, -0.2) is 4.39 Å². The third-order valence-corrected chi connectivity index (χ3v) is 3.17. The van der Waals surface area contributed by atoms with Crippen molar-refractivity contribution in [1.29, 1.82) is 0 Å². The van der Waals surface area contributed by atoms with Crippen LogP contribution in [0.3, 0.4) is 0 Å². The molecule has 0 aliphatic heterocycles. The van der Waals surface area contributed by atoms with Gasteiger partial charge in [0.05, 0.1) is 5.69 Å². The molecule has 0 N–H and O–H groups in total. The zero-order valence-corrected chi connectivity index (χ0v) is 12.4. The number of aryl methyl sites for hydroxylation is 2. The van der Waals surface area contributed by atoms with Gasteiger partial charge >= 0.3 is 0 Å². The van der Waals surface area contributed by atoms with Crippen LogP contribution in [0.15, 0.2) is 42.5 Å². The maximum Gasteiger partial charge on any atom is 0.130 e. The third-order valence-electron chi connectivity index (χ3n) is 3.17. The van der Waals surface area contributed by atoms with Crippen molar-refractivity contribution in [2.24, 2.45) is 0 Å². The molecule has 0 unspecified atom stereocenters. The zero-order chi connectivity index (χ0) is 14.6. The SMILES string of the molecule is C=C/C(=C\C(=C/C)C(C)(C)F)c1ccc(C)c(C)n1. The van der Waals surface area contributed by atoms with Crippen LogP contribution < -0.4 is 0 Å². The molecule has 0 aromatic carbocycles. The van der Waals surface area contributed by atoms with Crippen molar-refractivity contribution in [2.75, 3.05) is 0 Å². The minimum atomic E-state index is -1.37. The van der Waals surface area contributed by atoms with E-state index in [0.29, 0.717) is 5.57 Å². The first kappa shape index (κ1) is 15.4. The molecule has 0 atom stereocenters. The molecule has 0 aliphatic carbocycles. The number of nitrogens with zero attached hydrogens (tertiary/aromatic N) is 1. The Morgan fingerprint density at radius 2 is 1.95 bits per heavy atom. The second-order valence-electron chi connectivity index (χ2n) is 5.12. The summed E-state index contributed by atoms with van der Waals surface area (Å²) in [5.74, 6) is 0. The van der Waals surface area contributed by atoms with Gasteiger partial charge in [-0.2, -0.15) is 0 Å². The molecule has 0 fully saturated rings. The highest BCUT2D eigenvalue weighted by Crippen LogP contribution is 2.26. The lowest BCUT2D eigenvalue weighted by Gasteiger charge is -2.16. The van der Waals surface area contributed by atoms with Gasteiger partial charge in [0.2, 0.25) is 0 Å². The predicted molar refractivity (Wildman–Crippen MR) is 80.8 cm³/mol. The summed E-state index contributed by atoms with van der Waals surface area (Å²) in [6, 6.07) is 3.96. The van der Waals surface area contributed by atoms with Gasteiger partial charge in [-0.3, -0.25) is 4.98 Å². The molecule has 19 heavy (non-hydrogen) atoms. The fourth-order valence-electron chi connectivity index (χ4n) is 1.79. The summed E-state index contributed by atoms with van der Waals surface area (Å²) in [6.45, 7) is 12.7. The van der Waals surface area contributed by atoms with Crippen molar-refractivity contribution in [3.05, 3.63) is 59.5 Å². The summed E-state index contributed by atoms with van der Waals surface area (Å²) in [4.78, 5) is 4.52. The number of aromatic nitrogens is 1. The molecule has 0 saturated heterocycles. The standard InChI is InChI=1S/C17H22FN/c1-7-14(11-15(8-2)17(5,6)18)16-10-9-12(3)13(4)19-16/h7-11H,1H2,2-6H3/b14-11+,15-8+.